The third-order valence-electron chi connectivity index (χ3n) is 6.92. The van der Waals surface area contributed by atoms with E-state index in [9.17, 15) is 14.5 Å². The smallest absolute Gasteiger partial charge is 0.459 e. The maximum atomic E-state index is 15.2. The molecule has 14 heteroatoms. The maximum Gasteiger partial charge on any atom is 0.459 e. The number of unbranched alkanes of at least 4 members (excludes halogenated alkanes) is 3. The number of hydrogen-bond acceptors (Lipinski definition) is 10. The SMILES string of the molecule is C=C1N=C(N)C=CN1[C@@H]1O[C@H](COP(=O)(N[C@@H](C)C(=O)OCCCCCC)Oc2cccc3ccccc23)C(O)C1(F)F. The number of nitrogens with two attached hydrogens (primary N) is 1. The minimum Gasteiger partial charge on any atom is -0.465 e. The molecule has 4 N–H and O–H groups in total. The highest BCUT2D eigenvalue weighted by Crippen LogP contribution is 2.48. The number of aliphatic hydroxyl groups is 1. The van der Waals surface area contributed by atoms with Crippen LogP contribution in [0.2, 0.25) is 0 Å². The zero-order chi connectivity index (χ0) is 31.2. The summed E-state index contributed by atoms with van der Waals surface area (Å²) in [4.78, 5) is 17.5. The minimum absolute atomic E-state index is 0.0641. The van der Waals surface area contributed by atoms with Gasteiger partial charge in [-0.05, 0) is 30.9 Å². The van der Waals surface area contributed by atoms with Crippen LogP contribution in [0.15, 0.2) is 72.1 Å². The number of carbonyl (C=O) groups is 1. The number of fused-ring (bicyclic) bond motifs is 1. The normalized spacial score (nSPS) is 23.6. The van der Waals surface area contributed by atoms with Gasteiger partial charge in [0.1, 0.15) is 29.6 Å². The fraction of sp³-hybridized carbons (Fsp3) is 0.448. The second-order valence-electron chi connectivity index (χ2n) is 10.3. The van der Waals surface area contributed by atoms with Crippen LogP contribution in [0.1, 0.15) is 39.5 Å². The number of ether oxygens (including phenoxy) is 2. The van der Waals surface area contributed by atoms with Crippen LogP contribution in [-0.4, -0.2) is 65.4 Å². The van der Waals surface area contributed by atoms with Gasteiger partial charge in [-0.2, -0.15) is 13.9 Å². The van der Waals surface area contributed by atoms with Gasteiger partial charge in [-0.3, -0.25) is 9.32 Å². The fourth-order valence-corrected chi connectivity index (χ4v) is 6.11. The van der Waals surface area contributed by atoms with Crippen molar-refractivity contribution in [2.24, 2.45) is 10.7 Å². The van der Waals surface area contributed by atoms with Crippen LogP contribution in [0, 0.1) is 0 Å². The molecule has 2 aliphatic rings. The van der Waals surface area contributed by atoms with E-state index in [4.69, 9.17) is 24.3 Å². The predicted octanol–water partition coefficient (Wildman–Crippen LogP) is 4.82. The summed E-state index contributed by atoms with van der Waals surface area (Å²) in [5, 5.41) is 14.4. The largest absolute Gasteiger partial charge is 0.465 e. The number of esters is 1. The lowest BCUT2D eigenvalue weighted by atomic mass is 10.1. The van der Waals surface area contributed by atoms with E-state index < -0.39 is 50.7 Å². The van der Waals surface area contributed by atoms with Crippen molar-refractivity contribution < 1.29 is 41.8 Å². The molecule has 0 bridgehead atoms. The first-order valence-electron chi connectivity index (χ1n) is 14.0. The number of nitrogens with zero attached hydrogens (tertiary/aromatic N) is 2. The standard InChI is InChI=1S/C29H37F2N4O7P/c1-4-5-6-9-17-39-27(37)19(2)34-43(38,42-23-14-10-12-21-11-7-8-13-22(21)23)40-18-24-26(36)29(30,31)28(41-24)35-16-15-25(32)33-20(35)3/h7-8,10-16,19,24,26,28,36H,3-6,9,17-18H2,1-2H3,(H2,32,33)(H,34,38)/t19-,24+,26?,28+,43?/m0/s1. The van der Waals surface area contributed by atoms with Gasteiger partial charge in [-0.1, -0.05) is 69.2 Å². The molecule has 0 saturated carbocycles. The minimum atomic E-state index is -4.47. The van der Waals surface area contributed by atoms with Gasteiger partial charge in [0, 0.05) is 11.6 Å². The molecular weight excluding hydrogens is 585 g/mol. The zero-order valence-electron chi connectivity index (χ0n) is 24.0. The third kappa shape index (κ3) is 7.79. The summed E-state index contributed by atoms with van der Waals surface area (Å²) in [5.74, 6) is -4.39. The van der Waals surface area contributed by atoms with Crippen molar-refractivity contribution in [2.75, 3.05) is 13.2 Å². The number of alkyl halides is 2. The Kier molecular flexibility index (Phi) is 10.6. The van der Waals surface area contributed by atoms with E-state index in [1.165, 1.54) is 19.2 Å². The van der Waals surface area contributed by atoms with Crippen LogP contribution in [0.25, 0.3) is 10.8 Å². The number of benzene rings is 2. The molecule has 0 amide bonds. The molecule has 234 valence electrons. The molecule has 0 radical (unpaired) electrons. The van der Waals surface area contributed by atoms with Crippen molar-refractivity contribution in [3.05, 3.63) is 67.1 Å². The van der Waals surface area contributed by atoms with Gasteiger partial charge in [0.25, 0.3) is 0 Å². The molecule has 1 saturated heterocycles. The van der Waals surface area contributed by atoms with E-state index in [0.717, 1.165) is 29.5 Å². The predicted molar refractivity (Wildman–Crippen MR) is 157 cm³/mol. The van der Waals surface area contributed by atoms with Crippen LogP contribution in [0.5, 0.6) is 5.75 Å². The summed E-state index contributed by atoms with van der Waals surface area (Å²) in [5.41, 5.74) is 5.60. The molecule has 2 heterocycles. The number of halogens is 2. The number of aliphatic hydroxyl groups excluding tert-OH is 1. The zero-order valence-corrected chi connectivity index (χ0v) is 24.9. The molecule has 0 aromatic heterocycles. The summed E-state index contributed by atoms with van der Waals surface area (Å²) < 4.78 is 66.6. The van der Waals surface area contributed by atoms with Gasteiger partial charge in [0.15, 0.2) is 6.10 Å². The lowest BCUT2D eigenvalue weighted by Crippen LogP contribution is -2.47. The first-order valence-corrected chi connectivity index (χ1v) is 15.6. The average Bonchev–Trinajstić information content (AvgIpc) is 3.19. The van der Waals surface area contributed by atoms with Crippen LogP contribution in [0.3, 0.4) is 0 Å². The van der Waals surface area contributed by atoms with Crippen molar-refractivity contribution >= 4 is 30.3 Å². The van der Waals surface area contributed by atoms with Gasteiger partial charge in [-0.25, -0.2) is 9.56 Å². The number of amidine groups is 1. The molecule has 2 aromatic rings. The summed E-state index contributed by atoms with van der Waals surface area (Å²) in [6.45, 7) is 6.50. The van der Waals surface area contributed by atoms with Crippen molar-refractivity contribution in [3.63, 3.8) is 0 Å². The highest BCUT2D eigenvalue weighted by molar-refractivity contribution is 7.52. The van der Waals surface area contributed by atoms with Gasteiger partial charge >= 0.3 is 19.6 Å². The molecule has 11 nitrogen and oxygen atoms in total. The van der Waals surface area contributed by atoms with Crippen LogP contribution in [0.4, 0.5) is 8.78 Å². The van der Waals surface area contributed by atoms with Crippen molar-refractivity contribution in [3.8, 4) is 5.75 Å². The molecule has 0 spiro atoms. The first-order chi connectivity index (χ1) is 20.4. The van der Waals surface area contributed by atoms with Crippen LogP contribution < -0.4 is 15.3 Å². The lowest BCUT2D eigenvalue weighted by Gasteiger charge is -2.31. The number of rotatable bonds is 14. The molecule has 4 rings (SSSR count). The Morgan fingerprint density at radius 3 is 2.74 bits per heavy atom. The molecule has 2 aliphatic heterocycles. The molecular formula is C29H37F2N4O7P. The maximum absolute atomic E-state index is 15.2. The van der Waals surface area contributed by atoms with E-state index in [-0.39, 0.29) is 24.0 Å². The van der Waals surface area contributed by atoms with Gasteiger partial charge < -0.3 is 29.7 Å². The topological polar surface area (TPSA) is 145 Å². The van der Waals surface area contributed by atoms with Crippen LogP contribution in [-0.2, 0) is 23.4 Å². The summed E-state index contributed by atoms with van der Waals surface area (Å²) in [6.07, 6.45) is 0.111. The Hall–Kier alpha value is -3.35. The molecule has 2 aromatic carbocycles. The van der Waals surface area contributed by atoms with Crippen molar-refractivity contribution in [2.45, 2.75) is 69.9 Å². The van der Waals surface area contributed by atoms with E-state index in [2.05, 4.69) is 23.6 Å². The quantitative estimate of drug-likeness (QED) is 0.152. The first kappa shape index (κ1) is 32.6. The number of carbonyl (C=O) groups excluding carboxylic acids is 1. The highest BCUT2D eigenvalue weighted by atomic mass is 31.2. The number of hydrogen-bond donors (Lipinski definition) is 3. The van der Waals surface area contributed by atoms with E-state index in [1.54, 1.807) is 24.3 Å². The van der Waals surface area contributed by atoms with Gasteiger partial charge in [0.05, 0.1) is 13.2 Å². The Balaban J connectivity index is 1.51. The summed E-state index contributed by atoms with van der Waals surface area (Å²) in [7, 11) is -4.47. The second-order valence-corrected chi connectivity index (χ2v) is 12.0. The Bertz CT molecular complexity index is 1420. The highest BCUT2D eigenvalue weighted by Gasteiger charge is 2.61. The molecule has 43 heavy (non-hydrogen) atoms. The monoisotopic (exact) mass is 622 g/mol. The summed E-state index contributed by atoms with van der Waals surface area (Å²) >= 11 is 0. The lowest BCUT2D eigenvalue weighted by molar-refractivity contribution is -0.148. The Morgan fingerprint density at radius 1 is 1.26 bits per heavy atom. The van der Waals surface area contributed by atoms with Crippen molar-refractivity contribution in [1.29, 1.82) is 0 Å². The van der Waals surface area contributed by atoms with Gasteiger partial charge in [0.2, 0.25) is 6.23 Å². The Morgan fingerprint density at radius 2 is 2.00 bits per heavy atom. The van der Waals surface area contributed by atoms with E-state index in [0.29, 0.717) is 11.8 Å². The fourth-order valence-electron chi connectivity index (χ4n) is 4.59. The summed E-state index contributed by atoms with van der Waals surface area (Å²) in [6, 6.07) is 11.1. The molecule has 1 fully saturated rings. The van der Waals surface area contributed by atoms with E-state index in [1.807, 2.05) is 18.2 Å². The number of nitrogens with one attached hydrogen (secondary N) is 1. The second kappa shape index (κ2) is 14.0. The van der Waals surface area contributed by atoms with Gasteiger partial charge in [-0.15, -0.1) is 0 Å². The Labute approximate surface area is 248 Å². The molecule has 5 atom stereocenters. The molecule has 0 aliphatic carbocycles. The van der Waals surface area contributed by atoms with Crippen molar-refractivity contribution in [1.82, 2.24) is 9.99 Å². The van der Waals surface area contributed by atoms with E-state index >= 15 is 8.78 Å². The average molecular weight is 623 g/mol. The molecule has 2 unspecified atom stereocenters. The van der Waals surface area contributed by atoms with Crippen LogP contribution >= 0.6 is 7.75 Å². The number of aliphatic imine (C=N–C) groups is 1. The third-order valence-corrected chi connectivity index (χ3v) is 8.55.